The van der Waals surface area contributed by atoms with Crippen LogP contribution in [0.4, 0.5) is 0 Å². The van der Waals surface area contributed by atoms with Crippen molar-refractivity contribution in [2.45, 2.75) is 46.3 Å². The number of carbonyl (C=O) groups excluding carboxylic acids is 2. The van der Waals surface area contributed by atoms with Gasteiger partial charge in [-0.2, -0.15) is 0 Å². The third-order valence-corrected chi connectivity index (χ3v) is 3.61. The Bertz CT molecular complexity index is 584. The molecule has 2 unspecified atom stereocenters. The summed E-state index contributed by atoms with van der Waals surface area (Å²) < 4.78 is 5.59. The SMILES string of the molecule is CCC(C)N(CC(=O)O)C(=O)C(C)Oc1cccc(C(C)=O)c1. The molecule has 126 valence electrons. The number of benzene rings is 1. The Kier molecular flexibility index (Phi) is 6.75. The summed E-state index contributed by atoms with van der Waals surface area (Å²) in [6, 6.07) is 6.36. The van der Waals surface area contributed by atoms with Crippen molar-refractivity contribution in [1.29, 1.82) is 0 Å². The minimum Gasteiger partial charge on any atom is -0.481 e. The van der Waals surface area contributed by atoms with E-state index in [1.165, 1.54) is 11.8 Å². The number of ether oxygens (including phenoxy) is 1. The molecule has 1 amide bonds. The van der Waals surface area contributed by atoms with Crippen LogP contribution in [0, 0.1) is 0 Å². The number of aliphatic carboxylic acids is 1. The maximum absolute atomic E-state index is 12.5. The van der Waals surface area contributed by atoms with Gasteiger partial charge in [0.1, 0.15) is 12.3 Å². The van der Waals surface area contributed by atoms with E-state index in [1.54, 1.807) is 38.1 Å². The summed E-state index contributed by atoms with van der Waals surface area (Å²) in [5, 5.41) is 8.97. The van der Waals surface area contributed by atoms with Crippen molar-refractivity contribution >= 4 is 17.7 Å². The number of rotatable bonds is 8. The van der Waals surface area contributed by atoms with E-state index in [9.17, 15) is 14.4 Å². The highest BCUT2D eigenvalue weighted by Crippen LogP contribution is 2.17. The van der Waals surface area contributed by atoms with Crippen LogP contribution in [0.2, 0.25) is 0 Å². The van der Waals surface area contributed by atoms with Crippen LogP contribution >= 0.6 is 0 Å². The molecule has 23 heavy (non-hydrogen) atoms. The van der Waals surface area contributed by atoms with Gasteiger partial charge in [0.05, 0.1) is 0 Å². The van der Waals surface area contributed by atoms with E-state index in [1.807, 2.05) is 6.92 Å². The molecule has 6 nitrogen and oxygen atoms in total. The molecule has 1 aromatic rings. The maximum Gasteiger partial charge on any atom is 0.323 e. The van der Waals surface area contributed by atoms with Crippen molar-refractivity contribution < 1.29 is 24.2 Å². The van der Waals surface area contributed by atoms with Gasteiger partial charge in [-0.1, -0.05) is 19.1 Å². The zero-order chi connectivity index (χ0) is 17.6. The lowest BCUT2D eigenvalue weighted by Crippen LogP contribution is -2.47. The van der Waals surface area contributed by atoms with Crippen LogP contribution in [-0.4, -0.2) is 46.4 Å². The molecule has 0 heterocycles. The predicted octanol–water partition coefficient (Wildman–Crippen LogP) is 2.37. The monoisotopic (exact) mass is 321 g/mol. The van der Waals surface area contributed by atoms with Gasteiger partial charge in [-0.25, -0.2) is 0 Å². The molecule has 0 saturated carbocycles. The predicted molar refractivity (Wildman–Crippen MR) is 85.6 cm³/mol. The number of hydrogen-bond acceptors (Lipinski definition) is 4. The van der Waals surface area contributed by atoms with Gasteiger partial charge in [0.2, 0.25) is 0 Å². The van der Waals surface area contributed by atoms with Gasteiger partial charge in [-0.3, -0.25) is 14.4 Å². The van der Waals surface area contributed by atoms with Crippen LogP contribution < -0.4 is 4.74 Å². The largest absolute Gasteiger partial charge is 0.481 e. The number of carbonyl (C=O) groups is 3. The maximum atomic E-state index is 12.5. The Morgan fingerprint density at radius 2 is 1.91 bits per heavy atom. The number of amides is 1. The van der Waals surface area contributed by atoms with Crippen molar-refractivity contribution in [2.75, 3.05) is 6.54 Å². The van der Waals surface area contributed by atoms with Gasteiger partial charge in [-0.15, -0.1) is 0 Å². The van der Waals surface area contributed by atoms with Crippen molar-refractivity contribution in [3.05, 3.63) is 29.8 Å². The first-order valence-electron chi connectivity index (χ1n) is 7.56. The fraction of sp³-hybridized carbons (Fsp3) is 0.471. The van der Waals surface area contributed by atoms with E-state index < -0.39 is 18.0 Å². The molecule has 0 saturated heterocycles. The molecule has 1 rings (SSSR count). The van der Waals surface area contributed by atoms with Gasteiger partial charge in [0.25, 0.3) is 5.91 Å². The van der Waals surface area contributed by atoms with Crippen LogP contribution in [0.3, 0.4) is 0 Å². The molecule has 0 aliphatic rings. The van der Waals surface area contributed by atoms with E-state index in [2.05, 4.69) is 0 Å². The lowest BCUT2D eigenvalue weighted by atomic mass is 10.1. The summed E-state index contributed by atoms with van der Waals surface area (Å²) in [5.41, 5.74) is 0.492. The number of carboxylic acid groups (broad SMARTS) is 1. The van der Waals surface area contributed by atoms with E-state index >= 15 is 0 Å². The van der Waals surface area contributed by atoms with Crippen LogP contribution in [-0.2, 0) is 9.59 Å². The molecular formula is C17H23NO5. The minimum absolute atomic E-state index is 0.0958. The normalized spacial score (nSPS) is 13.0. The van der Waals surface area contributed by atoms with E-state index in [-0.39, 0.29) is 18.4 Å². The lowest BCUT2D eigenvalue weighted by Gasteiger charge is -2.29. The first-order chi connectivity index (χ1) is 10.8. The highest BCUT2D eigenvalue weighted by atomic mass is 16.5. The second-order valence-electron chi connectivity index (χ2n) is 5.46. The molecule has 0 fully saturated rings. The molecule has 0 aliphatic heterocycles. The second-order valence-corrected chi connectivity index (χ2v) is 5.46. The Balaban J connectivity index is 2.87. The number of carboxylic acids is 1. The number of hydrogen-bond donors (Lipinski definition) is 1. The second kappa shape index (κ2) is 8.31. The topological polar surface area (TPSA) is 83.9 Å². The molecule has 1 aromatic carbocycles. The van der Waals surface area contributed by atoms with E-state index in [4.69, 9.17) is 9.84 Å². The summed E-state index contributed by atoms with van der Waals surface area (Å²) in [4.78, 5) is 36.1. The van der Waals surface area contributed by atoms with Gasteiger partial charge in [-0.05, 0) is 39.3 Å². The van der Waals surface area contributed by atoms with Crippen molar-refractivity contribution in [1.82, 2.24) is 4.90 Å². The zero-order valence-corrected chi connectivity index (χ0v) is 13.9. The molecular weight excluding hydrogens is 298 g/mol. The molecule has 0 spiro atoms. The Morgan fingerprint density at radius 3 is 2.43 bits per heavy atom. The molecule has 2 atom stereocenters. The van der Waals surface area contributed by atoms with E-state index in [0.29, 0.717) is 17.7 Å². The van der Waals surface area contributed by atoms with Crippen LogP contribution in [0.15, 0.2) is 24.3 Å². The smallest absolute Gasteiger partial charge is 0.323 e. The van der Waals surface area contributed by atoms with Crippen molar-refractivity contribution in [3.63, 3.8) is 0 Å². The molecule has 0 aliphatic carbocycles. The Hall–Kier alpha value is -2.37. The van der Waals surface area contributed by atoms with Crippen LogP contribution in [0.25, 0.3) is 0 Å². The van der Waals surface area contributed by atoms with Crippen LogP contribution in [0.1, 0.15) is 44.5 Å². The number of Topliss-reactive ketones (excluding diaryl/α,β-unsaturated/α-hetero) is 1. The minimum atomic E-state index is -1.07. The highest BCUT2D eigenvalue weighted by Gasteiger charge is 2.27. The fourth-order valence-corrected chi connectivity index (χ4v) is 2.09. The number of nitrogens with zero attached hydrogens (tertiary/aromatic N) is 1. The van der Waals surface area contributed by atoms with Gasteiger partial charge in [0.15, 0.2) is 11.9 Å². The Morgan fingerprint density at radius 1 is 1.26 bits per heavy atom. The third-order valence-electron chi connectivity index (χ3n) is 3.61. The molecule has 0 bridgehead atoms. The van der Waals surface area contributed by atoms with Crippen molar-refractivity contribution in [3.8, 4) is 5.75 Å². The summed E-state index contributed by atoms with van der Waals surface area (Å²) in [6.07, 6.45) is -0.198. The summed E-state index contributed by atoms with van der Waals surface area (Å²) in [7, 11) is 0. The zero-order valence-electron chi connectivity index (χ0n) is 13.9. The standard InChI is InChI=1S/C17H23NO5/c1-5-11(2)18(10-16(20)21)17(22)13(4)23-15-8-6-7-14(9-15)12(3)19/h6-9,11,13H,5,10H2,1-4H3,(H,20,21). The van der Waals surface area contributed by atoms with E-state index in [0.717, 1.165) is 0 Å². The van der Waals surface area contributed by atoms with Gasteiger partial charge < -0.3 is 14.7 Å². The fourth-order valence-electron chi connectivity index (χ4n) is 2.09. The molecule has 6 heteroatoms. The third kappa shape index (κ3) is 5.39. The van der Waals surface area contributed by atoms with Gasteiger partial charge in [0, 0.05) is 11.6 Å². The van der Waals surface area contributed by atoms with Gasteiger partial charge >= 0.3 is 5.97 Å². The summed E-state index contributed by atoms with van der Waals surface area (Å²) in [5.74, 6) is -1.15. The first kappa shape index (κ1) is 18.7. The molecule has 0 radical (unpaired) electrons. The summed E-state index contributed by atoms with van der Waals surface area (Å²) in [6.45, 7) is 6.33. The highest BCUT2D eigenvalue weighted by molar-refractivity contribution is 5.94. The Labute approximate surface area is 136 Å². The van der Waals surface area contributed by atoms with Crippen molar-refractivity contribution in [2.24, 2.45) is 0 Å². The first-order valence-corrected chi connectivity index (χ1v) is 7.56. The number of ketones is 1. The average molecular weight is 321 g/mol. The van der Waals surface area contributed by atoms with Crippen LogP contribution in [0.5, 0.6) is 5.75 Å². The summed E-state index contributed by atoms with van der Waals surface area (Å²) >= 11 is 0. The average Bonchev–Trinajstić information content (AvgIpc) is 2.51. The molecule has 0 aromatic heterocycles. The quantitative estimate of drug-likeness (QED) is 0.743. The molecule has 1 N–H and O–H groups in total. The lowest BCUT2D eigenvalue weighted by molar-refractivity contribution is -0.149.